The highest BCUT2D eigenvalue weighted by atomic mass is 32.2. The number of sulfone groups is 1. The number of nitrogens with zero attached hydrogens (tertiary/aromatic N) is 2. The van der Waals surface area contributed by atoms with E-state index >= 15 is 0 Å². The molecule has 0 saturated carbocycles. The Morgan fingerprint density at radius 3 is 2.59 bits per heavy atom. The van der Waals surface area contributed by atoms with Crippen molar-refractivity contribution in [3.63, 3.8) is 0 Å². The van der Waals surface area contributed by atoms with Crippen LogP contribution in [0.25, 0.3) is 5.57 Å². The topological polar surface area (TPSA) is 93.1 Å². The summed E-state index contributed by atoms with van der Waals surface area (Å²) in [6.45, 7) is 6.50. The highest BCUT2D eigenvalue weighted by Gasteiger charge is 2.25. The van der Waals surface area contributed by atoms with Crippen molar-refractivity contribution in [1.82, 2.24) is 15.1 Å². The molecule has 0 aliphatic carbocycles. The summed E-state index contributed by atoms with van der Waals surface area (Å²) in [6.07, 6.45) is 2.25. The van der Waals surface area contributed by atoms with E-state index in [0.29, 0.717) is 24.2 Å². The van der Waals surface area contributed by atoms with Crippen LogP contribution < -0.4 is 5.32 Å². The van der Waals surface area contributed by atoms with E-state index in [1.165, 1.54) is 0 Å². The average molecular weight is 422 g/mol. The normalized spacial score (nSPS) is 22.2. The first-order valence-electron chi connectivity index (χ1n) is 9.98. The number of likely N-dealkylation sites (N-methyl/N-ethyl adjacent to an activating group) is 1. The molecule has 2 aliphatic heterocycles. The molecule has 0 radical (unpaired) electrons. The number of nitrogens with one attached hydrogen (secondary N) is 1. The molecule has 1 fully saturated rings. The molecule has 0 amide bonds. The lowest BCUT2D eigenvalue weighted by Crippen LogP contribution is -2.45. The zero-order valence-corrected chi connectivity index (χ0v) is 18.1. The Hall–Kier alpha value is -1.71. The van der Waals surface area contributed by atoms with E-state index < -0.39 is 22.3 Å². The van der Waals surface area contributed by atoms with Gasteiger partial charge in [-0.2, -0.15) is 0 Å². The number of aliphatic hydroxyl groups is 2. The summed E-state index contributed by atoms with van der Waals surface area (Å²) in [5.74, 6) is -0.0543. The quantitative estimate of drug-likeness (QED) is 0.633. The van der Waals surface area contributed by atoms with Crippen LogP contribution >= 0.6 is 0 Å². The lowest BCUT2D eigenvalue weighted by molar-refractivity contribution is -0.00593. The Bertz CT molecular complexity index is 905. The van der Waals surface area contributed by atoms with Gasteiger partial charge < -0.3 is 20.4 Å². The highest BCUT2D eigenvalue weighted by Crippen LogP contribution is 2.30. The lowest BCUT2D eigenvalue weighted by Gasteiger charge is -2.33. The molecule has 2 heterocycles. The second-order valence-electron chi connectivity index (χ2n) is 7.76. The van der Waals surface area contributed by atoms with Crippen LogP contribution in [0.5, 0.6) is 0 Å². The molecule has 1 aromatic rings. The van der Waals surface area contributed by atoms with Crippen molar-refractivity contribution < 1.29 is 18.6 Å². The molecular formula is C21H31N3O4S. The summed E-state index contributed by atoms with van der Waals surface area (Å²) in [5, 5.41) is 24.3. The van der Waals surface area contributed by atoms with Gasteiger partial charge in [-0.1, -0.05) is 19.1 Å². The minimum atomic E-state index is -3.26. The highest BCUT2D eigenvalue weighted by molar-refractivity contribution is 7.90. The molecular weight excluding hydrogens is 390 g/mol. The van der Waals surface area contributed by atoms with Crippen LogP contribution in [0.3, 0.4) is 0 Å². The Kier molecular flexibility index (Phi) is 6.80. The first-order valence-corrected chi connectivity index (χ1v) is 11.8. The molecule has 8 heteroatoms. The number of hydrogen-bond acceptors (Lipinski definition) is 7. The molecule has 0 aromatic heterocycles. The van der Waals surface area contributed by atoms with Crippen LogP contribution in [0.4, 0.5) is 0 Å². The molecule has 2 unspecified atom stereocenters. The molecule has 1 saturated heterocycles. The number of benzene rings is 1. The Balaban J connectivity index is 2.00. The minimum Gasteiger partial charge on any atom is -0.374 e. The van der Waals surface area contributed by atoms with Crippen LogP contribution in [0.15, 0.2) is 36.0 Å². The van der Waals surface area contributed by atoms with Gasteiger partial charge in [0.15, 0.2) is 9.84 Å². The lowest BCUT2D eigenvalue weighted by atomic mass is 9.96. The summed E-state index contributed by atoms with van der Waals surface area (Å²) in [6, 6.07) is 5.59. The van der Waals surface area contributed by atoms with E-state index in [0.717, 1.165) is 29.8 Å². The van der Waals surface area contributed by atoms with Crippen LogP contribution in [-0.4, -0.2) is 73.6 Å². The third kappa shape index (κ3) is 5.07. The maximum atomic E-state index is 12.4. The average Bonchev–Trinajstić information content (AvgIpc) is 2.71. The molecule has 0 bridgehead atoms. The fourth-order valence-electron chi connectivity index (χ4n) is 3.75. The van der Waals surface area contributed by atoms with Gasteiger partial charge in [0, 0.05) is 45.2 Å². The zero-order chi connectivity index (χ0) is 21.2. The maximum Gasteiger partial charge on any atom is 0.154 e. The SMILES string of the molecule is CCS(=O)(=O)Cc1cc(C2=CN(C)C(O)C(C)=C2)ccc1C(O)N1CCNCC1. The molecule has 2 atom stereocenters. The fourth-order valence-corrected chi connectivity index (χ4v) is 4.68. The first kappa shape index (κ1) is 22.0. The standard InChI is InChI=1S/C21H31N3O4S/c1-4-29(27,28)14-18-12-16(17-11-15(2)20(25)23(3)13-17)5-6-19(18)21(26)24-9-7-22-8-10-24/h5-6,11-13,20-22,25-26H,4,7-10,14H2,1-3H3. The number of aliphatic hydroxyl groups excluding tert-OH is 2. The number of piperazine rings is 1. The van der Waals surface area contributed by atoms with Crippen LogP contribution in [0, 0.1) is 0 Å². The van der Waals surface area contributed by atoms with Crippen LogP contribution in [0.2, 0.25) is 0 Å². The second kappa shape index (κ2) is 8.97. The van der Waals surface area contributed by atoms with Gasteiger partial charge in [-0.05, 0) is 46.9 Å². The van der Waals surface area contributed by atoms with Gasteiger partial charge in [0.25, 0.3) is 0 Å². The van der Waals surface area contributed by atoms with Gasteiger partial charge in [-0.25, -0.2) is 8.42 Å². The van der Waals surface area contributed by atoms with Crippen molar-refractivity contribution in [2.75, 3.05) is 39.0 Å². The van der Waals surface area contributed by atoms with Gasteiger partial charge in [0.1, 0.15) is 12.5 Å². The summed E-state index contributed by atoms with van der Waals surface area (Å²) in [5.41, 5.74) is 3.83. The van der Waals surface area contributed by atoms with Gasteiger partial charge in [0.05, 0.1) is 5.75 Å². The van der Waals surface area contributed by atoms with Crippen LogP contribution in [-0.2, 0) is 15.6 Å². The third-order valence-electron chi connectivity index (χ3n) is 5.59. The van der Waals surface area contributed by atoms with E-state index in [4.69, 9.17) is 0 Å². The molecule has 29 heavy (non-hydrogen) atoms. The number of allylic oxidation sites excluding steroid dienone is 2. The van der Waals surface area contributed by atoms with E-state index in [2.05, 4.69) is 5.32 Å². The molecule has 0 spiro atoms. The molecule has 160 valence electrons. The predicted octanol–water partition coefficient (Wildman–Crippen LogP) is 1.07. The molecule has 7 nitrogen and oxygen atoms in total. The van der Waals surface area contributed by atoms with Crippen molar-refractivity contribution in [3.8, 4) is 0 Å². The van der Waals surface area contributed by atoms with E-state index in [-0.39, 0.29) is 11.5 Å². The molecule has 3 N–H and O–H groups in total. The van der Waals surface area contributed by atoms with Crippen molar-refractivity contribution >= 4 is 15.4 Å². The Morgan fingerprint density at radius 1 is 1.28 bits per heavy atom. The van der Waals surface area contributed by atoms with Crippen molar-refractivity contribution in [1.29, 1.82) is 0 Å². The molecule has 1 aromatic carbocycles. The summed E-state index contributed by atoms with van der Waals surface area (Å²) < 4.78 is 24.8. The summed E-state index contributed by atoms with van der Waals surface area (Å²) in [4.78, 5) is 3.68. The van der Waals surface area contributed by atoms with Gasteiger partial charge in [-0.3, -0.25) is 4.90 Å². The van der Waals surface area contributed by atoms with Gasteiger partial charge in [0.2, 0.25) is 0 Å². The van der Waals surface area contributed by atoms with E-state index in [9.17, 15) is 18.6 Å². The van der Waals surface area contributed by atoms with E-state index in [1.807, 2.05) is 42.3 Å². The van der Waals surface area contributed by atoms with Crippen molar-refractivity contribution in [2.45, 2.75) is 32.1 Å². The second-order valence-corrected chi connectivity index (χ2v) is 10.1. The Labute approximate surface area is 173 Å². The van der Waals surface area contributed by atoms with Gasteiger partial charge >= 0.3 is 0 Å². The molecule has 3 rings (SSSR count). The first-order chi connectivity index (χ1) is 13.7. The smallest absolute Gasteiger partial charge is 0.154 e. The number of hydrogen-bond donors (Lipinski definition) is 3. The zero-order valence-electron chi connectivity index (χ0n) is 17.3. The predicted molar refractivity (Wildman–Crippen MR) is 115 cm³/mol. The summed E-state index contributed by atoms with van der Waals surface area (Å²) >= 11 is 0. The Morgan fingerprint density at radius 2 is 1.97 bits per heavy atom. The summed E-state index contributed by atoms with van der Waals surface area (Å²) in [7, 11) is -1.47. The monoisotopic (exact) mass is 421 g/mol. The van der Waals surface area contributed by atoms with E-state index in [1.54, 1.807) is 18.9 Å². The largest absolute Gasteiger partial charge is 0.374 e. The number of rotatable bonds is 6. The third-order valence-corrected chi connectivity index (χ3v) is 7.22. The fraction of sp³-hybridized carbons (Fsp3) is 0.524. The van der Waals surface area contributed by atoms with Crippen molar-refractivity contribution in [3.05, 3.63) is 52.7 Å². The maximum absolute atomic E-state index is 12.4. The van der Waals surface area contributed by atoms with Crippen molar-refractivity contribution in [2.24, 2.45) is 0 Å². The van der Waals surface area contributed by atoms with Gasteiger partial charge in [-0.15, -0.1) is 0 Å². The van der Waals surface area contributed by atoms with Crippen LogP contribution in [0.1, 0.15) is 36.8 Å². The minimum absolute atomic E-state index is 0.0526. The molecule has 2 aliphatic rings.